The summed E-state index contributed by atoms with van der Waals surface area (Å²) in [6, 6.07) is 0. The van der Waals surface area contributed by atoms with Crippen molar-refractivity contribution in [3.05, 3.63) is 0 Å². The van der Waals surface area contributed by atoms with Crippen molar-refractivity contribution in [3.8, 4) is 0 Å². The Morgan fingerprint density at radius 1 is 1.77 bits per heavy atom. The van der Waals surface area contributed by atoms with Crippen molar-refractivity contribution in [2.24, 2.45) is 5.10 Å². The highest BCUT2D eigenvalue weighted by atomic mass is 79.9. The van der Waals surface area contributed by atoms with Gasteiger partial charge in [0, 0.05) is 7.05 Å². The fourth-order valence-corrected chi connectivity index (χ4v) is 2.06. The van der Waals surface area contributed by atoms with Gasteiger partial charge in [-0.2, -0.15) is 5.10 Å². The molecule has 3 nitrogen and oxygen atoms in total. The Morgan fingerprint density at radius 3 is 2.62 bits per heavy atom. The topological polar surface area (TPSA) is 44.6 Å². The zero-order chi connectivity index (χ0) is 10.5. The molecule has 0 heterocycles. The van der Waals surface area contributed by atoms with Gasteiger partial charge in [-0.15, -0.1) is 0 Å². The van der Waals surface area contributed by atoms with Crippen molar-refractivity contribution in [1.29, 1.82) is 0 Å². The molecule has 0 saturated carbocycles. The van der Waals surface area contributed by atoms with Crippen molar-refractivity contribution in [2.45, 2.75) is 37.0 Å². The lowest BCUT2D eigenvalue weighted by atomic mass is 10.1. The molecule has 0 saturated heterocycles. The lowest BCUT2D eigenvalue weighted by molar-refractivity contribution is 0.131. The molecule has 5 heteroatoms. The molecule has 0 bridgehead atoms. The lowest BCUT2D eigenvalue weighted by Crippen LogP contribution is -2.34. The summed E-state index contributed by atoms with van der Waals surface area (Å²) in [5.74, 6) is 0. The fraction of sp³-hybridized carbons (Fsp3) is 0.875. The molecule has 0 spiro atoms. The number of nitrogens with zero attached hydrogens (tertiary/aromatic N) is 1. The van der Waals surface area contributed by atoms with Crippen LogP contribution >= 0.6 is 27.7 Å². The third-order valence-corrected chi connectivity index (χ3v) is 3.28. The maximum atomic E-state index is 9.95. The molecule has 0 aliphatic heterocycles. The molecule has 78 valence electrons. The second-order valence-electron chi connectivity index (χ2n) is 2.93. The molecule has 2 atom stereocenters. The van der Waals surface area contributed by atoms with Crippen molar-refractivity contribution >= 4 is 32.7 Å². The summed E-state index contributed by atoms with van der Waals surface area (Å²) < 4.78 is 0.248. The third kappa shape index (κ3) is 4.88. The van der Waals surface area contributed by atoms with E-state index >= 15 is 0 Å². The Balaban J connectivity index is 4.51. The summed E-state index contributed by atoms with van der Waals surface area (Å²) in [4.78, 5) is 0. The van der Waals surface area contributed by atoms with Crippen LogP contribution in [0.2, 0.25) is 0 Å². The van der Waals surface area contributed by atoms with E-state index in [1.54, 1.807) is 14.0 Å². The Labute approximate surface area is 92.5 Å². The third-order valence-electron chi connectivity index (χ3n) is 1.64. The first-order valence-corrected chi connectivity index (χ1v) is 6.01. The number of hydrogen-bond acceptors (Lipinski definition) is 4. The number of aliphatic hydroxyl groups is 1. The number of hydrogen-bond donors (Lipinski definition) is 2. The van der Waals surface area contributed by atoms with Gasteiger partial charge in [0.15, 0.2) is 0 Å². The monoisotopic (exact) mass is 268 g/mol. The van der Waals surface area contributed by atoms with Crippen LogP contribution in [-0.4, -0.2) is 27.0 Å². The first kappa shape index (κ1) is 13.3. The van der Waals surface area contributed by atoms with E-state index in [4.69, 9.17) is 0 Å². The van der Waals surface area contributed by atoms with Crippen LogP contribution in [0.3, 0.4) is 0 Å². The summed E-state index contributed by atoms with van der Waals surface area (Å²) >= 11 is 4.92. The van der Waals surface area contributed by atoms with Crippen molar-refractivity contribution in [1.82, 2.24) is 5.43 Å². The van der Waals surface area contributed by atoms with E-state index < -0.39 is 5.60 Å². The van der Waals surface area contributed by atoms with Crippen LogP contribution in [0.25, 0.3) is 0 Å². The maximum Gasteiger partial charge on any atom is 0.126 e. The van der Waals surface area contributed by atoms with Gasteiger partial charge in [0.05, 0.1) is 4.16 Å². The van der Waals surface area contributed by atoms with Gasteiger partial charge in [-0.3, -0.25) is 0 Å². The average Bonchev–Trinajstić information content (AvgIpc) is 2.03. The molecule has 0 aromatic rings. The van der Waals surface area contributed by atoms with Gasteiger partial charge in [-0.25, -0.2) is 0 Å². The summed E-state index contributed by atoms with van der Waals surface area (Å²) in [7, 11) is 1.73. The quantitative estimate of drug-likeness (QED) is 0.356. The SMILES string of the molecule is CCC(C)(O)/C(=N/NC)SC(C)Br. The minimum atomic E-state index is -0.838. The minimum Gasteiger partial charge on any atom is -0.383 e. The highest BCUT2D eigenvalue weighted by Gasteiger charge is 2.27. The van der Waals surface area contributed by atoms with Crippen LogP contribution in [0.1, 0.15) is 27.2 Å². The molecule has 2 unspecified atom stereocenters. The van der Waals surface area contributed by atoms with E-state index in [1.165, 1.54) is 11.8 Å². The second-order valence-corrected chi connectivity index (χ2v) is 6.24. The number of thioether (sulfide) groups is 1. The van der Waals surface area contributed by atoms with E-state index in [9.17, 15) is 5.11 Å². The standard InChI is InChI=1S/C8H17BrN2OS/c1-5-8(3,12)7(11-10-4)13-6(2)9/h6,10,12H,5H2,1-4H3/b11-7-. The number of nitrogens with one attached hydrogen (secondary N) is 1. The van der Waals surface area contributed by atoms with Gasteiger partial charge >= 0.3 is 0 Å². The maximum absolute atomic E-state index is 9.95. The highest BCUT2D eigenvalue weighted by Crippen LogP contribution is 2.26. The van der Waals surface area contributed by atoms with Gasteiger partial charge < -0.3 is 10.5 Å². The number of alkyl halides is 1. The number of halogens is 1. The molecule has 0 aromatic heterocycles. The Hall–Kier alpha value is 0.260. The summed E-state index contributed by atoms with van der Waals surface area (Å²) in [5.41, 5.74) is 1.86. The minimum absolute atomic E-state index is 0.248. The molecule has 13 heavy (non-hydrogen) atoms. The normalized spacial score (nSPS) is 19.4. The van der Waals surface area contributed by atoms with E-state index in [0.29, 0.717) is 11.5 Å². The largest absolute Gasteiger partial charge is 0.383 e. The molecular weight excluding hydrogens is 252 g/mol. The van der Waals surface area contributed by atoms with E-state index in [0.717, 1.165) is 0 Å². The van der Waals surface area contributed by atoms with E-state index in [2.05, 4.69) is 26.5 Å². The lowest BCUT2D eigenvalue weighted by Gasteiger charge is -2.23. The summed E-state index contributed by atoms with van der Waals surface area (Å²) in [6.07, 6.45) is 0.653. The molecule has 2 N–H and O–H groups in total. The Bertz CT molecular complexity index is 183. The first-order chi connectivity index (χ1) is 5.94. The first-order valence-electron chi connectivity index (χ1n) is 4.22. The zero-order valence-corrected chi connectivity index (χ0v) is 10.9. The summed E-state index contributed by atoms with van der Waals surface area (Å²) in [5, 5.41) is 14.7. The van der Waals surface area contributed by atoms with Gasteiger partial charge in [0.1, 0.15) is 10.6 Å². The number of hydrazone groups is 1. The predicted octanol–water partition coefficient (Wildman–Crippen LogP) is 2.15. The van der Waals surface area contributed by atoms with Crippen LogP contribution < -0.4 is 5.43 Å². The van der Waals surface area contributed by atoms with Gasteiger partial charge in [0.25, 0.3) is 0 Å². The Morgan fingerprint density at radius 2 is 2.31 bits per heavy atom. The van der Waals surface area contributed by atoms with Gasteiger partial charge in [0.2, 0.25) is 0 Å². The average molecular weight is 269 g/mol. The summed E-state index contributed by atoms with van der Waals surface area (Å²) in [6.45, 7) is 5.71. The molecule has 0 aromatic carbocycles. The molecule has 0 rings (SSSR count). The molecule has 0 radical (unpaired) electrons. The van der Waals surface area contributed by atoms with Gasteiger partial charge in [-0.1, -0.05) is 34.6 Å². The smallest absolute Gasteiger partial charge is 0.126 e. The molecule has 0 amide bonds. The highest BCUT2D eigenvalue weighted by molar-refractivity contribution is 9.11. The van der Waals surface area contributed by atoms with Gasteiger partial charge in [-0.05, 0) is 20.3 Å². The van der Waals surface area contributed by atoms with Crippen LogP contribution in [-0.2, 0) is 0 Å². The second kappa shape index (κ2) is 5.88. The fourth-order valence-electron chi connectivity index (χ4n) is 0.680. The van der Waals surface area contributed by atoms with Crippen LogP contribution in [0.4, 0.5) is 0 Å². The van der Waals surface area contributed by atoms with Crippen LogP contribution in [0.15, 0.2) is 5.10 Å². The van der Waals surface area contributed by atoms with Crippen LogP contribution in [0.5, 0.6) is 0 Å². The van der Waals surface area contributed by atoms with Crippen molar-refractivity contribution in [2.75, 3.05) is 7.05 Å². The molecule has 0 aliphatic carbocycles. The molecular formula is C8H17BrN2OS. The molecule has 0 fully saturated rings. The Kier molecular flexibility index (Phi) is 6.00. The van der Waals surface area contributed by atoms with E-state index in [1.807, 2.05) is 13.8 Å². The molecule has 0 aliphatic rings. The number of rotatable bonds is 4. The van der Waals surface area contributed by atoms with Crippen molar-refractivity contribution in [3.63, 3.8) is 0 Å². The van der Waals surface area contributed by atoms with Crippen LogP contribution in [0, 0.1) is 0 Å². The van der Waals surface area contributed by atoms with E-state index in [-0.39, 0.29) is 4.16 Å². The predicted molar refractivity (Wildman–Crippen MR) is 63.4 cm³/mol. The van der Waals surface area contributed by atoms with Crippen molar-refractivity contribution < 1.29 is 5.11 Å². The zero-order valence-electron chi connectivity index (χ0n) is 8.47.